The van der Waals surface area contributed by atoms with E-state index in [0.29, 0.717) is 0 Å². The Balaban J connectivity index is 1.58. The summed E-state index contributed by atoms with van der Waals surface area (Å²) in [4.78, 5) is 55.0. The first-order valence-corrected chi connectivity index (χ1v) is 14.1. The van der Waals surface area contributed by atoms with Crippen LogP contribution in [0.25, 0.3) is 10.4 Å². The van der Waals surface area contributed by atoms with Gasteiger partial charge in [-0.1, -0.05) is 17.3 Å². The molecule has 8 atom stereocenters. The molecule has 1 amide bonds. The van der Waals surface area contributed by atoms with Crippen molar-refractivity contribution in [2.75, 3.05) is 20.3 Å². The number of carbonyl (C=O) groups excluding carboxylic acids is 4. The number of hydrogen-bond donors (Lipinski definition) is 6. The van der Waals surface area contributed by atoms with Crippen LogP contribution in [-0.4, -0.2) is 99.2 Å². The number of aliphatic hydroxyl groups is 3. The number of allylic oxidation sites excluding steroid dienone is 4. The number of aliphatic hydroxyl groups excluding tert-OH is 2. The van der Waals surface area contributed by atoms with Crippen LogP contribution in [0.5, 0.6) is 11.5 Å². The maximum atomic E-state index is 13.8. The quantitative estimate of drug-likeness (QED) is 0.0989. The van der Waals surface area contributed by atoms with Crippen LogP contribution in [0.2, 0.25) is 0 Å². The highest BCUT2D eigenvalue weighted by atomic mass is 16.7. The van der Waals surface area contributed by atoms with Crippen molar-refractivity contribution in [3.05, 3.63) is 56.7 Å². The van der Waals surface area contributed by atoms with E-state index >= 15 is 0 Å². The molecule has 1 saturated heterocycles. The molecule has 0 bridgehead atoms. The first-order chi connectivity index (χ1) is 21.4. The maximum Gasteiger partial charge on any atom is 0.226 e. The Morgan fingerprint density at radius 3 is 2.60 bits per heavy atom. The molecule has 45 heavy (non-hydrogen) atoms. The number of methoxy groups -OCH3 is 1. The summed E-state index contributed by atoms with van der Waals surface area (Å²) in [6.07, 6.45) is -1.68. The molecule has 3 aliphatic carbocycles. The molecule has 0 radical (unpaired) electrons. The molecule has 1 fully saturated rings. The number of phenolic OH excluding ortho intramolecular Hbond substituents is 2. The molecule has 1 aromatic carbocycles. The zero-order valence-electron chi connectivity index (χ0n) is 24.2. The lowest BCUT2D eigenvalue weighted by Crippen LogP contribution is -2.56. The molecule has 16 nitrogen and oxygen atoms in total. The Hall–Kier alpha value is -4.31. The number of fused-ring (bicyclic) bond motifs is 3. The van der Waals surface area contributed by atoms with Crippen molar-refractivity contribution in [1.29, 1.82) is 0 Å². The maximum absolute atomic E-state index is 13.8. The number of phenols is 2. The van der Waals surface area contributed by atoms with Gasteiger partial charge in [0.25, 0.3) is 0 Å². The number of Topliss-reactive ketones (excluding diaryl/α,β-unsaturated/α-hetero) is 3. The van der Waals surface area contributed by atoms with Gasteiger partial charge in [0, 0.05) is 35.3 Å². The minimum atomic E-state index is -2.33. The monoisotopic (exact) mass is 628 g/mol. The number of nitrogens with zero attached hydrogens (tertiary/aromatic N) is 3. The third kappa shape index (κ3) is 5.45. The lowest BCUT2D eigenvalue weighted by molar-refractivity contribution is -0.249. The van der Waals surface area contributed by atoms with E-state index in [0.717, 1.165) is 0 Å². The molecule has 4 aliphatic rings. The first-order valence-electron chi connectivity index (χ1n) is 14.1. The van der Waals surface area contributed by atoms with Crippen LogP contribution in [0.3, 0.4) is 0 Å². The zero-order valence-corrected chi connectivity index (χ0v) is 24.2. The molecule has 1 aliphatic heterocycles. The van der Waals surface area contributed by atoms with E-state index < -0.39 is 120 Å². The van der Waals surface area contributed by atoms with Gasteiger partial charge in [0.1, 0.15) is 42.1 Å². The summed E-state index contributed by atoms with van der Waals surface area (Å²) in [6.45, 7) is -0.112. The first kappa shape index (κ1) is 32.1. The van der Waals surface area contributed by atoms with Crippen LogP contribution in [0.4, 0.5) is 0 Å². The molecule has 1 aromatic rings. The third-order valence-electron chi connectivity index (χ3n) is 8.77. The van der Waals surface area contributed by atoms with Crippen LogP contribution in [0.1, 0.15) is 57.7 Å². The topological polar surface area (TPSA) is 258 Å². The normalized spacial score (nSPS) is 31.9. The molecule has 16 heteroatoms. The number of hydrogen-bond acceptors (Lipinski definition) is 13. The standard InChI is InChI=1S/C29H32N4O12/c1-11-24(37)14(32-18(36)9-31-33-30)6-19(44-11)45-16-8-29(42,17(35)10-34)7-13-21(16)28(41)23-22(26(13)39)25(38)12-4-3-5-15(43-2)20(12)27(23)40/h3-5,11-12,14,16,19-20,24,34,37,39,41-42H,6-10H2,1-2H3,(H,32,36)/t11?,12?,14?,16-,19?,20?,24?,29-/m0/s1. The van der Waals surface area contributed by atoms with Crippen LogP contribution in [-0.2, 0) is 30.2 Å². The number of ether oxygens (including phenoxy) is 3. The fraction of sp³-hybridized carbons (Fsp3) is 0.517. The molecule has 0 spiro atoms. The molecule has 5 rings (SSSR count). The second kappa shape index (κ2) is 12.2. The number of azide groups is 1. The number of rotatable bonds is 8. The Kier molecular flexibility index (Phi) is 8.72. The molecular weight excluding hydrogens is 596 g/mol. The van der Waals surface area contributed by atoms with E-state index in [1.54, 1.807) is 0 Å². The number of amides is 1. The van der Waals surface area contributed by atoms with Gasteiger partial charge < -0.3 is 45.1 Å². The van der Waals surface area contributed by atoms with Gasteiger partial charge in [-0.25, -0.2) is 0 Å². The van der Waals surface area contributed by atoms with Gasteiger partial charge >= 0.3 is 0 Å². The highest BCUT2D eigenvalue weighted by Gasteiger charge is 2.52. The molecule has 240 valence electrons. The zero-order chi connectivity index (χ0) is 32.8. The van der Waals surface area contributed by atoms with Crippen molar-refractivity contribution in [2.24, 2.45) is 17.0 Å². The van der Waals surface area contributed by atoms with Gasteiger partial charge in [0.05, 0.1) is 48.3 Å². The average Bonchev–Trinajstić information content (AvgIpc) is 3.01. The van der Waals surface area contributed by atoms with Gasteiger partial charge in [-0.2, -0.15) is 0 Å². The molecule has 6 unspecified atom stereocenters. The van der Waals surface area contributed by atoms with E-state index in [-0.39, 0.29) is 23.3 Å². The summed E-state index contributed by atoms with van der Waals surface area (Å²) in [6, 6.07) is -0.957. The van der Waals surface area contributed by atoms with E-state index in [2.05, 4.69) is 15.3 Å². The van der Waals surface area contributed by atoms with Crippen molar-refractivity contribution >= 4 is 23.3 Å². The predicted molar refractivity (Wildman–Crippen MR) is 150 cm³/mol. The molecule has 6 N–H and O–H groups in total. The van der Waals surface area contributed by atoms with Crippen molar-refractivity contribution in [3.8, 4) is 11.5 Å². The largest absolute Gasteiger partial charge is 0.507 e. The van der Waals surface area contributed by atoms with Gasteiger partial charge in [-0.15, -0.1) is 0 Å². The van der Waals surface area contributed by atoms with Gasteiger partial charge in [0.2, 0.25) is 5.91 Å². The number of benzene rings is 1. The van der Waals surface area contributed by atoms with Crippen LogP contribution in [0.15, 0.2) is 29.1 Å². The second-order valence-electron chi connectivity index (χ2n) is 11.4. The van der Waals surface area contributed by atoms with E-state index in [1.807, 2.05) is 0 Å². The Morgan fingerprint density at radius 1 is 1.22 bits per heavy atom. The van der Waals surface area contributed by atoms with Gasteiger partial charge in [-0.3, -0.25) is 19.2 Å². The minimum Gasteiger partial charge on any atom is -0.507 e. The van der Waals surface area contributed by atoms with E-state index in [4.69, 9.17) is 19.7 Å². The summed E-state index contributed by atoms with van der Waals surface area (Å²) in [7, 11) is 1.33. The summed E-state index contributed by atoms with van der Waals surface area (Å²) < 4.78 is 17.2. The Morgan fingerprint density at radius 2 is 1.93 bits per heavy atom. The van der Waals surface area contributed by atoms with E-state index in [9.17, 15) is 44.7 Å². The number of aromatic hydroxyl groups is 2. The Labute approximate surface area is 255 Å². The Bertz CT molecular complexity index is 1570. The van der Waals surface area contributed by atoms with Crippen molar-refractivity contribution < 1.29 is 58.9 Å². The van der Waals surface area contributed by atoms with Crippen LogP contribution < -0.4 is 5.32 Å². The third-order valence-corrected chi connectivity index (χ3v) is 8.77. The summed E-state index contributed by atoms with van der Waals surface area (Å²) in [5, 5.41) is 60.4. The molecular formula is C29H32N4O12. The summed E-state index contributed by atoms with van der Waals surface area (Å²) >= 11 is 0. The second-order valence-corrected chi connectivity index (χ2v) is 11.4. The van der Waals surface area contributed by atoms with E-state index in [1.165, 1.54) is 32.3 Å². The highest BCUT2D eigenvalue weighted by molar-refractivity contribution is 6.20. The fourth-order valence-electron chi connectivity index (χ4n) is 6.57. The fourth-order valence-corrected chi connectivity index (χ4v) is 6.57. The predicted octanol–water partition coefficient (Wildman–Crippen LogP) is 0.397. The average molecular weight is 629 g/mol. The minimum absolute atomic E-state index is 0.176. The number of carbonyl (C=O) groups is 4. The van der Waals surface area contributed by atoms with Gasteiger partial charge in [0.15, 0.2) is 23.6 Å². The highest BCUT2D eigenvalue weighted by Crippen LogP contribution is 2.53. The molecule has 0 saturated carbocycles. The van der Waals surface area contributed by atoms with Gasteiger partial charge in [-0.05, 0) is 18.5 Å². The smallest absolute Gasteiger partial charge is 0.226 e. The molecule has 0 aromatic heterocycles. The lowest BCUT2D eigenvalue weighted by Gasteiger charge is -2.43. The SMILES string of the molecule is COC1=CC=CC2C(=O)c3c(O)c4c(c(O)c3C(=O)C12)[C@@H](OC1CC(NC(=O)CN=[N+]=[N-])C(O)C(C)O1)C[C@](O)(C(=O)CO)C4. The van der Waals surface area contributed by atoms with Crippen LogP contribution >= 0.6 is 0 Å². The number of nitrogens with one attached hydrogen (secondary N) is 1. The number of ketones is 3. The molecule has 1 heterocycles. The lowest BCUT2D eigenvalue weighted by atomic mass is 9.67. The van der Waals surface area contributed by atoms with Crippen molar-refractivity contribution in [1.82, 2.24) is 5.32 Å². The summed E-state index contributed by atoms with van der Waals surface area (Å²) in [5.41, 5.74) is 4.79. The summed E-state index contributed by atoms with van der Waals surface area (Å²) in [5.74, 6) is -6.53. The van der Waals surface area contributed by atoms with Crippen molar-refractivity contribution in [2.45, 2.75) is 62.4 Å². The van der Waals surface area contributed by atoms with Crippen LogP contribution in [0, 0.1) is 11.8 Å². The van der Waals surface area contributed by atoms with Crippen molar-refractivity contribution in [3.63, 3.8) is 0 Å².